The Morgan fingerprint density at radius 2 is 0.831 bits per heavy atom. The molecule has 382 valence electrons. The van der Waals surface area contributed by atoms with Crippen molar-refractivity contribution in [3.05, 3.63) is 24.3 Å². The molecular formula is C56H105NO8. The maximum absolute atomic E-state index is 12.8. The van der Waals surface area contributed by atoms with E-state index in [-0.39, 0.29) is 32.2 Å². The Bertz CT molecular complexity index is 1120. The fraction of sp³-hybridized carbons (Fsp3) is 0.875. The van der Waals surface area contributed by atoms with Gasteiger partial charge in [0.15, 0.2) is 12.4 Å². The molecule has 0 rings (SSSR count). The molecule has 0 bridgehead atoms. The Morgan fingerprint density at radius 1 is 0.462 bits per heavy atom. The van der Waals surface area contributed by atoms with Crippen molar-refractivity contribution in [2.45, 2.75) is 270 Å². The second-order valence-corrected chi connectivity index (χ2v) is 19.9. The molecule has 2 atom stereocenters. The smallest absolute Gasteiger partial charge is 0.306 e. The quantitative estimate of drug-likeness (QED) is 0.0195. The highest BCUT2D eigenvalue weighted by Gasteiger charge is 2.22. The largest absolute Gasteiger partial charge is 0.545 e. The minimum Gasteiger partial charge on any atom is -0.545 e. The van der Waals surface area contributed by atoms with Gasteiger partial charge in [0, 0.05) is 12.8 Å². The minimum absolute atomic E-state index is 0.151. The van der Waals surface area contributed by atoms with Crippen molar-refractivity contribution in [1.82, 2.24) is 0 Å². The van der Waals surface area contributed by atoms with E-state index in [0.29, 0.717) is 23.9 Å². The van der Waals surface area contributed by atoms with Crippen molar-refractivity contribution in [2.24, 2.45) is 0 Å². The second-order valence-electron chi connectivity index (χ2n) is 19.9. The van der Waals surface area contributed by atoms with Gasteiger partial charge in [-0.25, -0.2) is 0 Å². The summed E-state index contributed by atoms with van der Waals surface area (Å²) in [5.74, 6) is -2.27. The first kappa shape index (κ1) is 62.8. The summed E-state index contributed by atoms with van der Waals surface area (Å²) < 4.78 is 22.7. The van der Waals surface area contributed by atoms with Gasteiger partial charge in [0.2, 0.25) is 0 Å². The Labute approximate surface area is 401 Å². The molecule has 0 saturated heterocycles. The zero-order valence-electron chi connectivity index (χ0n) is 43.4. The monoisotopic (exact) mass is 920 g/mol. The van der Waals surface area contributed by atoms with Gasteiger partial charge in [0.1, 0.15) is 13.2 Å². The number of quaternary nitrogens is 1. The number of esters is 2. The second kappa shape index (κ2) is 48.2. The Balaban J connectivity index is 4.17. The third kappa shape index (κ3) is 49.5. The SMILES string of the molecule is CCCCCCC/C=C\C/C=C\CCCCCCCCCCCCCCCCCC(=O)OC(COC(=O)CCCCCCCCCCCCCCC)COC(OCC[N+](C)(C)C)C(=O)[O-]. The van der Waals surface area contributed by atoms with E-state index in [1.165, 1.54) is 186 Å². The van der Waals surface area contributed by atoms with Crippen LogP contribution in [-0.2, 0) is 33.3 Å². The Kier molecular flexibility index (Phi) is 46.6. The summed E-state index contributed by atoms with van der Waals surface area (Å²) in [5.41, 5.74) is 0. The number of carboxylic acids is 1. The Morgan fingerprint density at radius 3 is 1.22 bits per heavy atom. The molecule has 9 heteroatoms. The molecule has 0 aliphatic heterocycles. The summed E-state index contributed by atoms with van der Waals surface area (Å²) in [6, 6.07) is 0. The first-order chi connectivity index (χ1) is 31.6. The molecule has 0 aromatic heterocycles. The topological polar surface area (TPSA) is 111 Å². The molecule has 0 N–H and O–H groups in total. The predicted octanol–water partition coefficient (Wildman–Crippen LogP) is 14.2. The van der Waals surface area contributed by atoms with Crippen molar-refractivity contribution in [3.63, 3.8) is 0 Å². The summed E-state index contributed by atoms with van der Waals surface area (Å²) in [5, 5.41) is 11.7. The summed E-state index contributed by atoms with van der Waals surface area (Å²) in [7, 11) is 5.92. The van der Waals surface area contributed by atoms with Gasteiger partial charge in [-0.15, -0.1) is 0 Å². The van der Waals surface area contributed by atoms with Crippen molar-refractivity contribution in [1.29, 1.82) is 0 Å². The third-order valence-electron chi connectivity index (χ3n) is 12.2. The van der Waals surface area contributed by atoms with E-state index in [4.69, 9.17) is 18.9 Å². The molecule has 0 heterocycles. The molecule has 2 unspecified atom stereocenters. The van der Waals surface area contributed by atoms with Gasteiger partial charge in [-0.2, -0.15) is 0 Å². The zero-order chi connectivity index (χ0) is 47.7. The van der Waals surface area contributed by atoms with E-state index < -0.39 is 24.3 Å². The van der Waals surface area contributed by atoms with Crippen LogP contribution < -0.4 is 5.11 Å². The van der Waals surface area contributed by atoms with E-state index in [0.717, 1.165) is 38.5 Å². The fourth-order valence-corrected chi connectivity index (χ4v) is 7.92. The van der Waals surface area contributed by atoms with E-state index in [2.05, 4.69) is 38.2 Å². The van der Waals surface area contributed by atoms with Gasteiger partial charge < -0.3 is 33.3 Å². The molecule has 0 saturated carbocycles. The van der Waals surface area contributed by atoms with Gasteiger partial charge in [-0.1, -0.05) is 224 Å². The van der Waals surface area contributed by atoms with Crippen LogP contribution in [0.2, 0.25) is 0 Å². The number of carbonyl (C=O) groups excluding carboxylic acids is 3. The number of ether oxygens (including phenoxy) is 4. The van der Waals surface area contributed by atoms with Crippen molar-refractivity contribution in [3.8, 4) is 0 Å². The molecule has 0 aromatic carbocycles. The molecule has 0 aliphatic rings. The number of likely N-dealkylation sites (N-methyl/N-ethyl adjacent to an activating group) is 1. The highest BCUT2D eigenvalue weighted by Crippen LogP contribution is 2.16. The van der Waals surface area contributed by atoms with Crippen LogP contribution in [0.5, 0.6) is 0 Å². The van der Waals surface area contributed by atoms with Crippen LogP contribution in [0.15, 0.2) is 24.3 Å². The van der Waals surface area contributed by atoms with Gasteiger partial charge in [0.25, 0.3) is 0 Å². The number of nitrogens with zero attached hydrogens (tertiary/aromatic N) is 1. The van der Waals surface area contributed by atoms with Crippen LogP contribution in [0, 0.1) is 0 Å². The number of carboxylic acid groups (broad SMARTS) is 1. The maximum atomic E-state index is 12.8. The van der Waals surface area contributed by atoms with Crippen LogP contribution in [-0.4, -0.2) is 82.3 Å². The van der Waals surface area contributed by atoms with E-state index in [1.54, 1.807) is 0 Å². The lowest BCUT2D eigenvalue weighted by molar-refractivity contribution is -0.870. The summed E-state index contributed by atoms with van der Waals surface area (Å²) >= 11 is 0. The van der Waals surface area contributed by atoms with Crippen LogP contribution in [0.4, 0.5) is 0 Å². The molecule has 0 aromatic rings. The van der Waals surface area contributed by atoms with E-state index in [9.17, 15) is 19.5 Å². The van der Waals surface area contributed by atoms with Gasteiger partial charge in [-0.3, -0.25) is 9.59 Å². The summed E-state index contributed by atoms with van der Waals surface area (Å²) in [6.45, 7) is 4.77. The number of aliphatic carboxylic acids is 1. The molecule has 65 heavy (non-hydrogen) atoms. The van der Waals surface area contributed by atoms with Crippen molar-refractivity contribution < 1.29 is 42.9 Å². The normalized spacial score (nSPS) is 12.9. The molecular weight excluding hydrogens is 815 g/mol. The first-order valence-corrected chi connectivity index (χ1v) is 27.5. The van der Waals surface area contributed by atoms with Crippen LogP contribution in [0.25, 0.3) is 0 Å². The van der Waals surface area contributed by atoms with E-state index >= 15 is 0 Å². The van der Waals surface area contributed by atoms with E-state index in [1.807, 2.05) is 21.1 Å². The average molecular weight is 920 g/mol. The first-order valence-electron chi connectivity index (χ1n) is 27.5. The Hall–Kier alpha value is -2.23. The van der Waals surface area contributed by atoms with Gasteiger partial charge in [0.05, 0.1) is 40.3 Å². The minimum atomic E-state index is -1.62. The standard InChI is InChI=1S/C56H105NO8/c1-6-8-10-12-14-16-18-20-21-22-23-24-25-26-27-28-29-30-31-32-33-35-37-39-41-43-45-47-54(59)65-52(51-64-56(55(60)61)62-49-48-57(3,4)5)50-63-53(58)46-44-42-40-38-36-34-19-17-15-13-11-9-7-2/h18,20,22-23,52,56H,6-17,19,21,24-51H2,1-5H3/b20-18-,23-22-. The molecule has 0 radical (unpaired) electrons. The number of carbonyl (C=O) groups is 3. The lowest BCUT2D eigenvalue weighted by atomic mass is 10.0. The maximum Gasteiger partial charge on any atom is 0.306 e. The van der Waals surface area contributed by atoms with Crippen LogP contribution in [0.3, 0.4) is 0 Å². The van der Waals surface area contributed by atoms with Gasteiger partial charge in [-0.05, 0) is 44.9 Å². The summed E-state index contributed by atoms with van der Waals surface area (Å²) in [6.07, 6.45) is 52.2. The third-order valence-corrected chi connectivity index (χ3v) is 12.2. The fourth-order valence-electron chi connectivity index (χ4n) is 7.92. The predicted molar refractivity (Wildman–Crippen MR) is 270 cm³/mol. The number of unbranched alkanes of at least 4 members (excludes halogenated alkanes) is 32. The summed E-state index contributed by atoms with van der Waals surface area (Å²) in [4.78, 5) is 37.1. The molecule has 0 amide bonds. The molecule has 9 nitrogen and oxygen atoms in total. The number of allylic oxidation sites excluding steroid dienone is 4. The molecule has 0 aliphatic carbocycles. The van der Waals surface area contributed by atoms with Crippen molar-refractivity contribution >= 4 is 17.9 Å². The lowest BCUT2D eigenvalue weighted by Gasteiger charge is -2.26. The van der Waals surface area contributed by atoms with Gasteiger partial charge >= 0.3 is 11.9 Å². The highest BCUT2D eigenvalue weighted by atomic mass is 16.7. The van der Waals surface area contributed by atoms with Crippen molar-refractivity contribution in [2.75, 3.05) is 47.5 Å². The molecule has 0 fully saturated rings. The number of rotatable bonds is 51. The average Bonchev–Trinajstić information content (AvgIpc) is 3.27. The van der Waals surface area contributed by atoms with Crippen LogP contribution >= 0.6 is 0 Å². The number of hydrogen-bond donors (Lipinski definition) is 0. The number of hydrogen-bond acceptors (Lipinski definition) is 8. The highest BCUT2D eigenvalue weighted by molar-refractivity contribution is 5.70. The van der Waals surface area contributed by atoms with Crippen LogP contribution in [0.1, 0.15) is 258 Å². The zero-order valence-corrected chi connectivity index (χ0v) is 43.4. The lowest BCUT2D eigenvalue weighted by Crippen LogP contribution is -2.44. The molecule has 0 spiro atoms.